The first-order valence-corrected chi connectivity index (χ1v) is 12.7. The number of hydrogen-bond acceptors (Lipinski definition) is 4. The van der Waals surface area contributed by atoms with Gasteiger partial charge < -0.3 is 10.2 Å². The predicted octanol–water partition coefficient (Wildman–Crippen LogP) is 6.17. The molecular formula is C24H29N3OSi. The van der Waals surface area contributed by atoms with E-state index in [1.807, 2.05) is 54.6 Å². The van der Waals surface area contributed by atoms with Gasteiger partial charge in [0.05, 0.1) is 11.9 Å². The minimum Gasteiger partial charge on any atom is -0.544 e. The van der Waals surface area contributed by atoms with Gasteiger partial charge in [0.2, 0.25) is 8.32 Å². The fraction of sp³-hybridized carbons (Fsp3) is 0.250. The molecule has 0 bridgehead atoms. The minimum atomic E-state index is -1.87. The second kappa shape index (κ2) is 7.83. The smallest absolute Gasteiger partial charge is 0.250 e. The molecule has 0 atom stereocenters. The Morgan fingerprint density at radius 3 is 2.21 bits per heavy atom. The largest absolute Gasteiger partial charge is 0.544 e. The van der Waals surface area contributed by atoms with Crippen molar-refractivity contribution in [3.63, 3.8) is 0 Å². The second-order valence-corrected chi connectivity index (χ2v) is 13.4. The van der Waals surface area contributed by atoms with Gasteiger partial charge in [-0.3, -0.25) is 0 Å². The molecule has 0 aliphatic rings. The van der Waals surface area contributed by atoms with Crippen LogP contribution in [0.5, 0.6) is 5.75 Å². The first-order valence-electron chi connectivity index (χ1n) is 9.75. The van der Waals surface area contributed by atoms with E-state index in [0.717, 1.165) is 28.1 Å². The van der Waals surface area contributed by atoms with Gasteiger partial charge >= 0.3 is 0 Å². The van der Waals surface area contributed by atoms with Crippen LogP contribution in [0, 0.1) is 0 Å². The Bertz CT molecular complexity index is 1010. The highest BCUT2D eigenvalue weighted by atomic mass is 28.4. The van der Waals surface area contributed by atoms with Crippen molar-refractivity contribution >= 4 is 19.7 Å². The summed E-state index contributed by atoms with van der Waals surface area (Å²) in [5.41, 5.74) is 10.1. The fourth-order valence-electron chi connectivity index (χ4n) is 2.68. The van der Waals surface area contributed by atoms with E-state index in [1.54, 1.807) is 6.20 Å². The Balaban J connectivity index is 1.87. The summed E-state index contributed by atoms with van der Waals surface area (Å²) in [6, 6.07) is 17.9. The number of hydrogen-bond donors (Lipinski definition) is 1. The van der Waals surface area contributed by atoms with Crippen LogP contribution in [-0.2, 0) is 0 Å². The molecule has 0 amide bonds. The number of nitrogen functional groups attached to an aromatic ring is 1. The third-order valence-electron chi connectivity index (χ3n) is 5.54. The minimum absolute atomic E-state index is 0.154. The molecule has 4 nitrogen and oxygen atoms in total. The molecule has 3 aromatic rings. The number of rotatable bonds is 5. The summed E-state index contributed by atoms with van der Waals surface area (Å²) >= 11 is 0. The summed E-state index contributed by atoms with van der Waals surface area (Å²) < 4.78 is 6.36. The lowest BCUT2D eigenvalue weighted by atomic mass is 10.0. The van der Waals surface area contributed by atoms with Crippen molar-refractivity contribution in [3.8, 4) is 17.0 Å². The summed E-state index contributed by atoms with van der Waals surface area (Å²) in [6.07, 6.45) is 1.70. The van der Waals surface area contributed by atoms with E-state index in [0.29, 0.717) is 11.5 Å². The van der Waals surface area contributed by atoms with E-state index in [-0.39, 0.29) is 5.04 Å². The normalized spacial score (nSPS) is 11.9. The van der Waals surface area contributed by atoms with Gasteiger partial charge in [0.25, 0.3) is 0 Å². The van der Waals surface area contributed by atoms with Gasteiger partial charge in [-0.1, -0.05) is 57.7 Å². The fourth-order valence-corrected chi connectivity index (χ4v) is 3.71. The van der Waals surface area contributed by atoms with Crippen LogP contribution in [0.2, 0.25) is 18.1 Å². The van der Waals surface area contributed by atoms with Gasteiger partial charge in [-0.05, 0) is 48.0 Å². The summed E-state index contributed by atoms with van der Waals surface area (Å²) in [5, 5.41) is 0.154. The van der Waals surface area contributed by atoms with Crippen LogP contribution >= 0.6 is 0 Å². The Hall–Kier alpha value is -2.92. The van der Waals surface area contributed by atoms with Crippen LogP contribution in [0.4, 0.5) is 5.82 Å². The average Bonchev–Trinajstić information content (AvgIpc) is 2.68. The number of benzene rings is 2. The number of aromatic nitrogens is 2. The Kier molecular flexibility index (Phi) is 5.62. The molecule has 2 N–H and O–H groups in total. The molecule has 0 radical (unpaired) electrons. The maximum atomic E-state index is 6.36. The summed E-state index contributed by atoms with van der Waals surface area (Å²) in [4.78, 5) is 9.09. The van der Waals surface area contributed by atoms with E-state index in [4.69, 9.17) is 15.1 Å². The standard InChI is InChI=1S/C24H29N3OSi/c1-17(18-10-8-7-9-11-18)22-23(25)26-16-21(27-22)19-12-14-20(15-13-19)28-29(5,6)24(2,3)4/h7-16H,1H2,2-6H3,(H2,25,26). The Morgan fingerprint density at radius 2 is 1.62 bits per heavy atom. The van der Waals surface area contributed by atoms with Crippen molar-refractivity contribution in [3.05, 3.63) is 78.6 Å². The van der Waals surface area contributed by atoms with Crippen molar-refractivity contribution in [1.29, 1.82) is 0 Å². The highest BCUT2D eigenvalue weighted by Crippen LogP contribution is 2.37. The van der Waals surface area contributed by atoms with Crippen molar-refractivity contribution < 1.29 is 4.43 Å². The molecule has 0 saturated carbocycles. The third-order valence-corrected chi connectivity index (χ3v) is 9.90. The van der Waals surface area contributed by atoms with Crippen LogP contribution in [0.15, 0.2) is 67.4 Å². The first-order chi connectivity index (χ1) is 13.6. The van der Waals surface area contributed by atoms with Crippen molar-refractivity contribution in [2.45, 2.75) is 38.9 Å². The SMILES string of the molecule is C=C(c1ccccc1)c1nc(-c2ccc(O[Si](C)(C)C(C)(C)C)cc2)cnc1N. The molecular weight excluding hydrogens is 374 g/mol. The Labute approximate surface area is 174 Å². The van der Waals surface area contributed by atoms with E-state index in [2.05, 4.69) is 45.4 Å². The molecule has 1 heterocycles. The van der Waals surface area contributed by atoms with Crippen LogP contribution in [0.25, 0.3) is 16.8 Å². The molecule has 5 heteroatoms. The lowest BCUT2D eigenvalue weighted by Gasteiger charge is -2.36. The first kappa shape index (κ1) is 20.8. The van der Waals surface area contributed by atoms with Gasteiger partial charge in [0.1, 0.15) is 17.3 Å². The molecule has 0 aliphatic carbocycles. The zero-order chi connectivity index (χ0) is 21.2. The monoisotopic (exact) mass is 403 g/mol. The van der Waals surface area contributed by atoms with Crippen molar-refractivity contribution in [2.75, 3.05) is 5.73 Å². The maximum absolute atomic E-state index is 6.36. The van der Waals surface area contributed by atoms with E-state index in [9.17, 15) is 0 Å². The van der Waals surface area contributed by atoms with Crippen LogP contribution in [-0.4, -0.2) is 18.3 Å². The maximum Gasteiger partial charge on any atom is 0.250 e. The van der Waals surface area contributed by atoms with Gasteiger partial charge in [0.15, 0.2) is 0 Å². The zero-order valence-corrected chi connectivity index (χ0v) is 18.9. The van der Waals surface area contributed by atoms with Gasteiger partial charge in [0, 0.05) is 11.1 Å². The molecule has 1 aromatic heterocycles. The number of nitrogens with two attached hydrogens (primary N) is 1. The lowest BCUT2D eigenvalue weighted by Crippen LogP contribution is -2.43. The molecule has 3 rings (SSSR count). The highest BCUT2D eigenvalue weighted by molar-refractivity contribution is 6.74. The molecule has 0 saturated heterocycles. The van der Waals surface area contributed by atoms with E-state index < -0.39 is 8.32 Å². The highest BCUT2D eigenvalue weighted by Gasteiger charge is 2.38. The topological polar surface area (TPSA) is 61.0 Å². The molecule has 0 unspecified atom stereocenters. The molecule has 29 heavy (non-hydrogen) atoms. The van der Waals surface area contributed by atoms with E-state index in [1.165, 1.54) is 0 Å². The summed E-state index contributed by atoms with van der Waals surface area (Å²) in [5.74, 6) is 1.26. The zero-order valence-electron chi connectivity index (χ0n) is 17.9. The van der Waals surface area contributed by atoms with Crippen LogP contribution in [0.1, 0.15) is 32.0 Å². The van der Waals surface area contributed by atoms with Gasteiger partial charge in [-0.15, -0.1) is 0 Å². The molecule has 0 spiro atoms. The molecule has 0 aliphatic heterocycles. The third kappa shape index (κ3) is 4.57. The van der Waals surface area contributed by atoms with Crippen LogP contribution in [0.3, 0.4) is 0 Å². The number of anilines is 1. The lowest BCUT2D eigenvalue weighted by molar-refractivity contribution is 0.492. The predicted molar refractivity (Wildman–Crippen MR) is 124 cm³/mol. The number of nitrogens with zero attached hydrogens (tertiary/aromatic N) is 2. The average molecular weight is 404 g/mol. The molecule has 0 fully saturated rings. The summed E-state index contributed by atoms with van der Waals surface area (Å²) in [7, 11) is -1.87. The summed E-state index contributed by atoms with van der Waals surface area (Å²) in [6.45, 7) is 15.4. The molecule has 2 aromatic carbocycles. The van der Waals surface area contributed by atoms with Crippen molar-refractivity contribution in [1.82, 2.24) is 9.97 Å². The van der Waals surface area contributed by atoms with Gasteiger partial charge in [-0.2, -0.15) is 0 Å². The second-order valence-electron chi connectivity index (χ2n) is 8.72. The van der Waals surface area contributed by atoms with Gasteiger partial charge in [-0.25, -0.2) is 9.97 Å². The van der Waals surface area contributed by atoms with E-state index >= 15 is 0 Å². The van der Waals surface area contributed by atoms with Crippen LogP contribution < -0.4 is 10.2 Å². The quantitative estimate of drug-likeness (QED) is 0.517. The van der Waals surface area contributed by atoms with Crippen molar-refractivity contribution in [2.24, 2.45) is 0 Å². The Morgan fingerprint density at radius 1 is 1.00 bits per heavy atom. The molecule has 150 valence electrons.